The molecule has 1 atom stereocenters. The fourth-order valence-electron chi connectivity index (χ4n) is 1.83. The van der Waals surface area contributed by atoms with Gasteiger partial charge < -0.3 is 5.32 Å². The Labute approximate surface area is 116 Å². The average molecular weight is 282 g/mol. The normalized spacial score (nSPS) is 12.6. The predicted molar refractivity (Wildman–Crippen MR) is 80.6 cm³/mol. The van der Waals surface area contributed by atoms with Crippen LogP contribution in [0.4, 0.5) is 5.82 Å². The number of anilines is 1. The number of halogens is 1. The van der Waals surface area contributed by atoms with Gasteiger partial charge in [0.15, 0.2) is 11.0 Å². The van der Waals surface area contributed by atoms with Crippen LogP contribution in [0.1, 0.15) is 13.3 Å². The van der Waals surface area contributed by atoms with Crippen molar-refractivity contribution in [2.45, 2.75) is 19.4 Å². The molecule has 96 valence electrons. The van der Waals surface area contributed by atoms with Crippen molar-refractivity contribution in [2.24, 2.45) is 0 Å². The molecule has 1 aromatic carbocycles. The number of thioether (sulfide) groups is 1. The largest absolute Gasteiger partial charge is 0.365 e. The lowest BCUT2D eigenvalue weighted by Gasteiger charge is -2.17. The Morgan fingerprint density at radius 1 is 1.28 bits per heavy atom. The highest BCUT2D eigenvalue weighted by Gasteiger charge is 2.11. The Balaban J connectivity index is 2.36. The van der Waals surface area contributed by atoms with Crippen LogP contribution in [0.25, 0.3) is 10.8 Å². The van der Waals surface area contributed by atoms with Crippen molar-refractivity contribution >= 4 is 40.0 Å². The summed E-state index contributed by atoms with van der Waals surface area (Å²) >= 11 is 7.88. The molecule has 0 aliphatic carbocycles. The summed E-state index contributed by atoms with van der Waals surface area (Å²) < 4.78 is 0. The van der Waals surface area contributed by atoms with E-state index in [0.29, 0.717) is 11.2 Å². The van der Waals surface area contributed by atoms with Crippen LogP contribution in [0.2, 0.25) is 5.15 Å². The number of hydrogen-bond acceptors (Lipinski definition) is 4. The SMILES string of the molecule is CCC(CSC)Nc1nnc(Cl)c2ccccc12. The predicted octanol–water partition coefficient (Wildman–Crippen LogP) is 3.84. The molecule has 1 N–H and O–H groups in total. The molecule has 0 spiro atoms. The summed E-state index contributed by atoms with van der Waals surface area (Å²) in [5.41, 5.74) is 0. The lowest BCUT2D eigenvalue weighted by atomic mass is 10.2. The molecular formula is C13H16ClN3S. The van der Waals surface area contributed by atoms with E-state index in [1.807, 2.05) is 36.0 Å². The smallest absolute Gasteiger partial charge is 0.159 e. The van der Waals surface area contributed by atoms with Gasteiger partial charge in [-0.15, -0.1) is 10.2 Å². The van der Waals surface area contributed by atoms with E-state index >= 15 is 0 Å². The fraction of sp³-hybridized carbons (Fsp3) is 0.385. The molecule has 0 fully saturated rings. The lowest BCUT2D eigenvalue weighted by molar-refractivity contribution is 0.767. The first kappa shape index (κ1) is 13.4. The van der Waals surface area contributed by atoms with Crippen molar-refractivity contribution < 1.29 is 0 Å². The number of rotatable bonds is 5. The Hall–Kier alpha value is -1.00. The maximum Gasteiger partial charge on any atom is 0.159 e. The van der Waals surface area contributed by atoms with E-state index in [-0.39, 0.29) is 0 Å². The number of benzene rings is 1. The first-order valence-electron chi connectivity index (χ1n) is 5.92. The summed E-state index contributed by atoms with van der Waals surface area (Å²) in [5, 5.41) is 14.0. The molecule has 0 saturated carbocycles. The Morgan fingerprint density at radius 2 is 2.00 bits per heavy atom. The van der Waals surface area contributed by atoms with Gasteiger partial charge >= 0.3 is 0 Å². The average Bonchev–Trinajstić information content (AvgIpc) is 2.41. The second-order valence-corrected chi connectivity index (χ2v) is 5.36. The summed E-state index contributed by atoms with van der Waals surface area (Å²) in [6.07, 6.45) is 3.16. The molecule has 18 heavy (non-hydrogen) atoms. The fourth-order valence-corrected chi connectivity index (χ4v) is 2.76. The monoisotopic (exact) mass is 281 g/mol. The number of aromatic nitrogens is 2. The minimum absolute atomic E-state index is 0.402. The zero-order valence-corrected chi connectivity index (χ0v) is 12.1. The summed E-state index contributed by atoms with van der Waals surface area (Å²) in [4.78, 5) is 0. The van der Waals surface area contributed by atoms with Crippen LogP contribution in [0.15, 0.2) is 24.3 Å². The molecule has 0 aliphatic heterocycles. The van der Waals surface area contributed by atoms with Crippen LogP contribution in [-0.4, -0.2) is 28.2 Å². The summed E-state index contributed by atoms with van der Waals surface area (Å²) in [5.74, 6) is 1.87. The Kier molecular flexibility index (Phi) is 4.66. The van der Waals surface area contributed by atoms with Gasteiger partial charge in [-0.05, 0) is 12.7 Å². The standard InChI is InChI=1S/C13H16ClN3S/c1-3-9(8-18-2)15-13-11-7-5-4-6-10(11)12(14)16-17-13/h4-7,9H,3,8H2,1-2H3,(H,15,17). The molecule has 0 bridgehead atoms. The molecule has 0 radical (unpaired) electrons. The zero-order chi connectivity index (χ0) is 13.0. The van der Waals surface area contributed by atoms with Gasteiger partial charge in [-0.1, -0.05) is 42.8 Å². The molecule has 0 saturated heterocycles. The van der Waals surface area contributed by atoms with Crippen molar-refractivity contribution in [1.29, 1.82) is 0 Å². The van der Waals surface area contributed by atoms with E-state index in [1.165, 1.54) is 0 Å². The van der Waals surface area contributed by atoms with Gasteiger partial charge in [0.25, 0.3) is 0 Å². The van der Waals surface area contributed by atoms with Gasteiger partial charge in [0.2, 0.25) is 0 Å². The molecule has 0 amide bonds. The van der Waals surface area contributed by atoms with Gasteiger partial charge in [0.05, 0.1) is 0 Å². The van der Waals surface area contributed by atoms with Crippen molar-refractivity contribution in [3.05, 3.63) is 29.4 Å². The second kappa shape index (κ2) is 6.25. The highest BCUT2D eigenvalue weighted by atomic mass is 35.5. The molecule has 2 aromatic rings. The quantitative estimate of drug-likeness (QED) is 0.904. The third-order valence-corrected chi connectivity index (χ3v) is 3.86. The van der Waals surface area contributed by atoms with Gasteiger partial charge in [0.1, 0.15) is 0 Å². The topological polar surface area (TPSA) is 37.8 Å². The van der Waals surface area contributed by atoms with Crippen molar-refractivity contribution in [3.63, 3.8) is 0 Å². The van der Waals surface area contributed by atoms with Gasteiger partial charge in [-0.25, -0.2) is 0 Å². The van der Waals surface area contributed by atoms with Gasteiger partial charge in [-0.2, -0.15) is 11.8 Å². The lowest BCUT2D eigenvalue weighted by Crippen LogP contribution is -2.22. The van der Waals surface area contributed by atoms with Crippen LogP contribution < -0.4 is 5.32 Å². The van der Waals surface area contributed by atoms with Crippen LogP contribution in [0, 0.1) is 0 Å². The number of hydrogen-bond donors (Lipinski definition) is 1. The summed E-state index contributed by atoms with van der Waals surface area (Å²) in [7, 11) is 0. The highest BCUT2D eigenvalue weighted by molar-refractivity contribution is 7.98. The van der Waals surface area contributed by atoms with E-state index in [9.17, 15) is 0 Å². The molecule has 3 nitrogen and oxygen atoms in total. The van der Waals surface area contributed by atoms with Crippen LogP contribution in [-0.2, 0) is 0 Å². The third kappa shape index (κ3) is 2.87. The Morgan fingerprint density at radius 3 is 2.67 bits per heavy atom. The van der Waals surface area contributed by atoms with Gasteiger partial charge in [-0.3, -0.25) is 0 Å². The Bertz CT molecular complexity index is 533. The molecule has 1 unspecified atom stereocenters. The van der Waals surface area contributed by atoms with Crippen molar-refractivity contribution in [2.75, 3.05) is 17.3 Å². The zero-order valence-electron chi connectivity index (χ0n) is 10.5. The van der Waals surface area contributed by atoms with Crippen LogP contribution in [0.3, 0.4) is 0 Å². The summed E-state index contributed by atoms with van der Waals surface area (Å²) in [6, 6.07) is 8.33. The van der Waals surface area contributed by atoms with E-state index in [1.54, 1.807) is 0 Å². The minimum atomic E-state index is 0.402. The number of nitrogens with one attached hydrogen (secondary N) is 1. The summed E-state index contributed by atoms with van der Waals surface area (Å²) in [6.45, 7) is 2.17. The second-order valence-electron chi connectivity index (χ2n) is 4.09. The van der Waals surface area contributed by atoms with Crippen molar-refractivity contribution in [1.82, 2.24) is 10.2 Å². The molecular weight excluding hydrogens is 266 g/mol. The third-order valence-electron chi connectivity index (χ3n) is 2.84. The van der Waals surface area contributed by atoms with E-state index in [4.69, 9.17) is 11.6 Å². The molecule has 1 heterocycles. The number of fused-ring (bicyclic) bond motifs is 1. The van der Waals surface area contributed by atoms with Crippen molar-refractivity contribution in [3.8, 4) is 0 Å². The minimum Gasteiger partial charge on any atom is -0.365 e. The van der Waals surface area contributed by atoms with Crippen LogP contribution in [0.5, 0.6) is 0 Å². The van der Waals surface area contributed by atoms with E-state index in [2.05, 4.69) is 28.7 Å². The highest BCUT2D eigenvalue weighted by Crippen LogP contribution is 2.26. The molecule has 0 aliphatic rings. The van der Waals surface area contributed by atoms with E-state index in [0.717, 1.165) is 28.8 Å². The van der Waals surface area contributed by atoms with Crippen LogP contribution >= 0.6 is 23.4 Å². The molecule has 2 rings (SSSR count). The first-order valence-corrected chi connectivity index (χ1v) is 7.69. The maximum absolute atomic E-state index is 6.06. The van der Waals surface area contributed by atoms with Gasteiger partial charge in [0, 0.05) is 22.6 Å². The first-order chi connectivity index (χ1) is 8.76. The molecule has 5 heteroatoms. The molecule has 1 aromatic heterocycles. The maximum atomic E-state index is 6.06. The van der Waals surface area contributed by atoms with E-state index < -0.39 is 0 Å². The number of nitrogens with zero attached hydrogens (tertiary/aromatic N) is 2.